The summed E-state index contributed by atoms with van der Waals surface area (Å²) >= 11 is 0. The highest BCUT2D eigenvalue weighted by Gasteiger charge is 2.64. The van der Waals surface area contributed by atoms with Crippen LogP contribution < -0.4 is 9.84 Å². The zero-order valence-electron chi connectivity index (χ0n) is 15.2. The highest BCUT2D eigenvalue weighted by molar-refractivity contribution is 5.92. The van der Waals surface area contributed by atoms with Crippen LogP contribution in [0.25, 0.3) is 22.3 Å². The molecular formula is C22H13F4O4-. The van der Waals surface area contributed by atoms with Crippen molar-refractivity contribution in [1.29, 1.82) is 0 Å². The summed E-state index contributed by atoms with van der Waals surface area (Å²) in [5.74, 6) is -17.9. The number of aliphatic carboxylic acids is 1. The molecule has 0 saturated carbocycles. The summed E-state index contributed by atoms with van der Waals surface area (Å²) in [4.78, 5) is 22.5. The molecule has 154 valence electrons. The van der Waals surface area contributed by atoms with E-state index in [-0.39, 0.29) is 11.1 Å². The van der Waals surface area contributed by atoms with Gasteiger partial charge in [-0.1, -0.05) is 78.9 Å². The standard InChI is InChI=1S/C22H14F4O4/c23-21(24,19(27)28)22(25,26)20(29)30-18-16(14-8-3-1-4-9-14)12-7-13-17(18)15-10-5-2-6-11-15/h1-13H,(H,27,28)/p-1. The fourth-order valence-corrected chi connectivity index (χ4v) is 2.75. The van der Waals surface area contributed by atoms with Crippen LogP contribution in [0.5, 0.6) is 5.75 Å². The van der Waals surface area contributed by atoms with E-state index in [1.807, 2.05) is 0 Å². The van der Waals surface area contributed by atoms with E-state index in [2.05, 4.69) is 0 Å². The molecule has 8 heteroatoms. The summed E-state index contributed by atoms with van der Waals surface area (Å²) in [6.07, 6.45) is 0. The molecule has 0 aliphatic rings. The molecule has 3 rings (SSSR count). The third-order valence-corrected chi connectivity index (χ3v) is 4.29. The molecule has 0 aliphatic carbocycles. The van der Waals surface area contributed by atoms with Gasteiger partial charge in [0.25, 0.3) is 0 Å². The van der Waals surface area contributed by atoms with Crippen molar-refractivity contribution in [2.24, 2.45) is 0 Å². The Morgan fingerprint density at radius 3 is 1.50 bits per heavy atom. The zero-order valence-corrected chi connectivity index (χ0v) is 15.2. The van der Waals surface area contributed by atoms with Crippen molar-refractivity contribution in [3.05, 3.63) is 78.9 Å². The molecule has 30 heavy (non-hydrogen) atoms. The second-order valence-corrected chi connectivity index (χ2v) is 6.24. The Hall–Kier alpha value is -3.68. The molecule has 0 amide bonds. The Morgan fingerprint density at radius 1 is 0.667 bits per heavy atom. The van der Waals surface area contributed by atoms with Gasteiger partial charge in [-0.15, -0.1) is 0 Å². The minimum absolute atomic E-state index is 0.179. The normalized spacial score (nSPS) is 11.7. The number of carbonyl (C=O) groups excluding carboxylic acids is 2. The van der Waals surface area contributed by atoms with Crippen LogP contribution in [0.2, 0.25) is 0 Å². The first-order valence-electron chi connectivity index (χ1n) is 8.59. The number of carbonyl (C=O) groups is 2. The Morgan fingerprint density at radius 2 is 1.10 bits per heavy atom. The lowest BCUT2D eigenvalue weighted by atomic mass is 9.97. The van der Waals surface area contributed by atoms with Gasteiger partial charge in [-0.2, -0.15) is 17.6 Å². The molecule has 0 bridgehead atoms. The number of hydrogen-bond donors (Lipinski definition) is 0. The minimum Gasteiger partial charge on any atom is -0.544 e. The smallest absolute Gasteiger partial charge is 0.410 e. The molecule has 0 radical (unpaired) electrons. The number of esters is 1. The maximum Gasteiger partial charge on any atom is 0.410 e. The Labute approximate surface area is 168 Å². The van der Waals surface area contributed by atoms with Crippen molar-refractivity contribution in [3.8, 4) is 28.0 Å². The van der Waals surface area contributed by atoms with Crippen LogP contribution in [0.4, 0.5) is 17.6 Å². The van der Waals surface area contributed by atoms with Crippen LogP contribution in [0.15, 0.2) is 78.9 Å². The van der Waals surface area contributed by atoms with E-state index >= 15 is 0 Å². The Kier molecular flexibility index (Phi) is 5.60. The second-order valence-electron chi connectivity index (χ2n) is 6.24. The first kappa shape index (κ1) is 21.0. The predicted molar refractivity (Wildman–Crippen MR) is 97.9 cm³/mol. The molecule has 0 N–H and O–H groups in total. The number of alkyl halides is 4. The van der Waals surface area contributed by atoms with E-state index < -0.39 is 29.5 Å². The van der Waals surface area contributed by atoms with Gasteiger partial charge in [0.2, 0.25) is 0 Å². The summed E-state index contributed by atoms with van der Waals surface area (Å²) in [6, 6.07) is 20.9. The van der Waals surface area contributed by atoms with Gasteiger partial charge >= 0.3 is 17.8 Å². The van der Waals surface area contributed by atoms with E-state index in [1.165, 1.54) is 12.1 Å². The van der Waals surface area contributed by atoms with E-state index in [9.17, 15) is 32.3 Å². The van der Waals surface area contributed by atoms with Gasteiger partial charge in [0.1, 0.15) is 11.7 Å². The topological polar surface area (TPSA) is 66.4 Å². The summed E-state index contributed by atoms with van der Waals surface area (Å²) in [6.45, 7) is 0. The van der Waals surface area contributed by atoms with Crippen molar-refractivity contribution in [1.82, 2.24) is 0 Å². The number of halogens is 4. The summed E-state index contributed by atoms with van der Waals surface area (Å²) in [5.41, 5.74) is 1.29. The van der Waals surface area contributed by atoms with Gasteiger partial charge in [0.15, 0.2) is 0 Å². The van der Waals surface area contributed by atoms with Crippen molar-refractivity contribution in [2.75, 3.05) is 0 Å². The molecule has 0 spiro atoms. The fraction of sp³-hybridized carbons (Fsp3) is 0.0909. The molecular weight excluding hydrogens is 404 g/mol. The lowest BCUT2D eigenvalue weighted by Gasteiger charge is -2.26. The minimum atomic E-state index is -5.75. The molecule has 0 heterocycles. The van der Waals surface area contributed by atoms with Crippen LogP contribution in [0.1, 0.15) is 0 Å². The SMILES string of the molecule is O=C([O-])C(F)(F)C(F)(F)C(=O)Oc1c(-c2ccccc2)cccc1-c1ccccc1. The van der Waals surface area contributed by atoms with Gasteiger partial charge in [0, 0.05) is 11.1 Å². The lowest BCUT2D eigenvalue weighted by Crippen LogP contribution is -2.58. The monoisotopic (exact) mass is 417 g/mol. The molecule has 0 atom stereocenters. The average Bonchev–Trinajstić information content (AvgIpc) is 2.74. The highest BCUT2D eigenvalue weighted by Crippen LogP contribution is 2.42. The van der Waals surface area contributed by atoms with E-state index in [0.717, 1.165) is 0 Å². The van der Waals surface area contributed by atoms with Gasteiger partial charge in [-0.3, -0.25) is 0 Å². The Bertz CT molecular complexity index is 1010. The van der Waals surface area contributed by atoms with Crippen molar-refractivity contribution < 1.29 is 37.0 Å². The van der Waals surface area contributed by atoms with Crippen LogP contribution >= 0.6 is 0 Å². The highest BCUT2D eigenvalue weighted by atomic mass is 19.3. The summed E-state index contributed by atoms with van der Waals surface area (Å²) in [7, 11) is 0. The number of rotatable bonds is 6. The number of para-hydroxylation sites is 1. The maximum atomic E-state index is 14.0. The third kappa shape index (κ3) is 3.76. The molecule has 3 aromatic carbocycles. The number of hydrogen-bond acceptors (Lipinski definition) is 4. The third-order valence-electron chi connectivity index (χ3n) is 4.29. The second kappa shape index (κ2) is 7.98. The van der Waals surface area contributed by atoms with Crippen LogP contribution in [-0.2, 0) is 9.59 Å². The van der Waals surface area contributed by atoms with E-state index in [4.69, 9.17) is 4.74 Å². The van der Waals surface area contributed by atoms with Gasteiger partial charge < -0.3 is 14.6 Å². The van der Waals surface area contributed by atoms with Crippen molar-refractivity contribution in [3.63, 3.8) is 0 Å². The number of carboxylic acid groups (broad SMARTS) is 1. The molecule has 0 unspecified atom stereocenters. The van der Waals surface area contributed by atoms with Gasteiger partial charge in [-0.25, -0.2) is 4.79 Å². The van der Waals surface area contributed by atoms with Crippen LogP contribution in [-0.4, -0.2) is 23.8 Å². The summed E-state index contributed by atoms with van der Waals surface area (Å²) < 4.78 is 59.5. The van der Waals surface area contributed by atoms with Crippen molar-refractivity contribution >= 4 is 11.9 Å². The molecule has 3 aromatic rings. The quantitative estimate of drug-likeness (QED) is 0.346. The number of ether oxygens (including phenoxy) is 1. The molecule has 0 fully saturated rings. The zero-order chi connectivity index (χ0) is 21.9. The van der Waals surface area contributed by atoms with Crippen LogP contribution in [0.3, 0.4) is 0 Å². The van der Waals surface area contributed by atoms with E-state index in [1.54, 1.807) is 66.7 Å². The molecule has 0 aromatic heterocycles. The number of benzene rings is 3. The maximum absolute atomic E-state index is 14.0. The molecule has 4 nitrogen and oxygen atoms in total. The predicted octanol–water partition coefficient (Wildman–Crippen LogP) is 3.95. The first-order chi connectivity index (χ1) is 14.2. The average molecular weight is 417 g/mol. The number of carboxylic acids is 1. The lowest BCUT2D eigenvalue weighted by molar-refractivity contribution is -0.346. The van der Waals surface area contributed by atoms with Gasteiger partial charge in [-0.05, 0) is 11.1 Å². The fourth-order valence-electron chi connectivity index (χ4n) is 2.75. The first-order valence-corrected chi connectivity index (χ1v) is 8.59. The molecule has 0 aliphatic heterocycles. The van der Waals surface area contributed by atoms with Crippen molar-refractivity contribution in [2.45, 2.75) is 11.8 Å². The van der Waals surface area contributed by atoms with Crippen LogP contribution in [0, 0.1) is 0 Å². The largest absolute Gasteiger partial charge is 0.544 e. The summed E-state index contributed by atoms with van der Waals surface area (Å²) in [5, 5.41) is 10.5. The van der Waals surface area contributed by atoms with Gasteiger partial charge in [0.05, 0.1) is 0 Å². The Balaban J connectivity index is 2.15. The van der Waals surface area contributed by atoms with E-state index in [0.29, 0.717) is 11.1 Å². The molecule has 0 saturated heterocycles.